The molecule has 166 valence electrons. The molecule has 2 aromatic carbocycles. The molecule has 1 fully saturated rings. The van der Waals surface area contributed by atoms with Crippen molar-refractivity contribution in [1.29, 1.82) is 0 Å². The van der Waals surface area contributed by atoms with Gasteiger partial charge in [-0.05, 0) is 68.9 Å². The van der Waals surface area contributed by atoms with Crippen LogP contribution in [0.15, 0.2) is 41.3 Å². The van der Waals surface area contributed by atoms with Crippen LogP contribution in [0.25, 0.3) is 0 Å². The molecule has 0 aliphatic carbocycles. The van der Waals surface area contributed by atoms with Gasteiger partial charge in [-0.25, -0.2) is 8.42 Å². The summed E-state index contributed by atoms with van der Waals surface area (Å²) in [6.45, 7) is 5.05. The van der Waals surface area contributed by atoms with Gasteiger partial charge in [-0.15, -0.1) is 0 Å². The molecule has 1 atom stereocenters. The van der Waals surface area contributed by atoms with Crippen molar-refractivity contribution in [3.8, 4) is 5.75 Å². The minimum Gasteiger partial charge on any atom is -0.495 e. The zero-order chi connectivity index (χ0) is 22.2. The second kappa shape index (κ2) is 8.63. The first kappa shape index (κ1) is 21.8. The second-order valence-corrected chi connectivity index (χ2v) is 10.3. The number of methoxy groups -OCH3 is 1. The van der Waals surface area contributed by atoms with Gasteiger partial charge in [0, 0.05) is 24.7 Å². The normalized spacial score (nSPS) is 19.7. The number of sulfonamides is 1. The zero-order valence-electron chi connectivity index (χ0n) is 18.4. The number of carbonyl (C=O) groups excluding carboxylic acids is 1. The van der Waals surface area contributed by atoms with E-state index >= 15 is 0 Å². The number of amides is 1. The molecule has 1 saturated heterocycles. The Morgan fingerprint density at radius 2 is 1.90 bits per heavy atom. The molecule has 2 aliphatic rings. The van der Waals surface area contributed by atoms with Crippen LogP contribution in [0, 0.1) is 6.92 Å². The average molecular weight is 443 g/mol. The van der Waals surface area contributed by atoms with Crippen molar-refractivity contribution in [2.75, 3.05) is 25.1 Å². The smallest absolute Gasteiger partial charge is 0.258 e. The number of nitrogens with zero attached hydrogens (tertiary/aromatic N) is 2. The molecule has 0 N–H and O–H groups in total. The number of benzene rings is 2. The molecule has 2 heterocycles. The van der Waals surface area contributed by atoms with Crippen molar-refractivity contribution < 1.29 is 17.9 Å². The molecule has 0 aromatic heterocycles. The highest BCUT2D eigenvalue weighted by molar-refractivity contribution is 7.89. The van der Waals surface area contributed by atoms with E-state index in [1.807, 2.05) is 26.0 Å². The highest BCUT2D eigenvalue weighted by Crippen LogP contribution is 2.34. The number of aryl methyl sites for hydroxylation is 2. The lowest BCUT2D eigenvalue weighted by Crippen LogP contribution is -2.42. The van der Waals surface area contributed by atoms with Gasteiger partial charge in [-0.1, -0.05) is 24.6 Å². The Bertz CT molecular complexity index is 1100. The van der Waals surface area contributed by atoms with Gasteiger partial charge in [0.25, 0.3) is 5.91 Å². The number of carbonyl (C=O) groups is 1. The molecule has 0 bridgehead atoms. The fourth-order valence-electron chi connectivity index (χ4n) is 4.77. The quantitative estimate of drug-likeness (QED) is 0.713. The lowest BCUT2D eigenvalue weighted by atomic mass is 9.97. The third-order valence-corrected chi connectivity index (χ3v) is 8.44. The van der Waals surface area contributed by atoms with Crippen LogP contribution in [0.5, 0.6) is 5.75 Å². The third kappa shape index (κ3) is 3.96. The highest BCUT2D eigenvalue weighted by Gasteiger charge is 2.34. The zero-order valence-corrected chi connectivity index (χ0v) is 19.2. The average Bonchev–Trinajstić information content (AvgIpc) is 2.78. The summed E-state index contributed by atoms with van der Waals surface area (Å²) in [5.74, 6) is 0.0885. The van der Waals surface area contributed by atoms with E-state index in [1.165, 1.54) is 13.2 Å². The maximum atomic E-state index is 13.5. The standard InChI is InChI=1S/C24H30N2O4S/c1-17-8-6-10-19-11-7-14-25(23(17)19)24(27)20-12-13-21(30-3)22(16-20)31(28,29)26-15-5-4-9-18(26)2/h6,8,10,12-13,16,18H,4-5,7,9,11,14-15H2,1-3H3. The van der Waals surface area contributed by atoms with Crippen LogP contribution in [0.3, 0.4) is 0 Å². The largest absolute Gasteiger partial charge is 0.495 e. The topological polar surface area (TPSA) is 66.9 Å². The molecule has 0 spiro atoms. The lowest BCUT2D eigenvalue weighted by molar-refractivity contribution is 0.0984. The number of ether oxygens (including phenoxy) is 1. The SMILES string of the molecule is COc1ccc(C(=O)N2CCCc3cccc(C)c32)cc1S(=O)(=O)N1CCCCC1C. The minimum atomic E-state index is -3.77. The van der Waals surface area contributed by atoms with Gasteiger partial charge < -0.3 is 9.64 Å². The second-order valence-electron chi connectivity index (χ2n) is 8.47. The summed E-state index contributed by atoms with van der Waals surface area (Å²) < 4.78 is 33.9. The summed E-state index contributed by atoms with van der Waals surface area (Å²) in [7, 11) is -2.31. The Morgan fingerprint density at radius 1 is 1.10 bits per heavy atom. The van der Waals surface area contributed by atoms with E-state index in [2.05, 4.69) is 6.07 Å². The molecule has 0 saturated carbocycles. The van der Waals surface area contributed by atoms with Gasteiger partial charge in [0.05, 0.1) is 12.8 Å². The first-order valence-corrected chi connectivity index (χ1v) is 12.4. The Labute approximate surface area is 184 Å². The van der Waals surface area contributed by atoms with Crippen molar-refractivity contribution in [3.63, 3.8) is 0 Å². The molecule has 6 nitrogen and oxygen atoms in total. The molecule has 4 rings (SSSR count). The van der Waals surface area contributed by atoms with Crippen molar-refractivity contribution >= 4 is 21.6 Å². The van der Waals surface area contributed by atoms with Crippen LogP contribution in [-0.2, 0) is 16.4 Å². The van der Waals surface area contributed by atoms with Gasteiger partial charge in [-0.3, -0.25) is 4.79 Å². The van der Waals surface area contributed by atoms with Gasteiger partial charge >= 0.3 is 0 Å². The molecule has 1 unspecified atom stereocenters. The van der Waals surface area contributed by atoms with Crippen molar-refractivity contribution in [2.24, 2.45) is 0 Å². The van der Waals surface area contributed by atoms with Crippen LogP contribution in [0.2, 0.25) is 0 Å². The highest BCUT2D eigenvalue weighted by atomic mass is 32.2. The van der Waals surface area contributed by atoms with Gasteiger partial charge in [0.15, 0.2) is 0 Å². The Hall–Kier alpha value is -2.38. The molecule has 7 heteroatoms. The number of anilines is 1. The number of hydrogen-bond donors (Lipinski definition) is 0. The minimum absolute atomic E-state index is 0.0663. The van der Waals surface area contributed by atoms with E-state index in [0.29, 0.717) is 18.7 Å². The molecule has 0 radical (unpaired) electrons. The molecule has 1 amide bonds. The summed E-state index contributed by atoms with van der Waals surface area (Å²) in [5.41, 5.74) is 3.51. The number of para-hydroxylation sites is 1. The fourth-order valence-corrected chi connectivity index (χ4v) is 6.66. The number of rotatable bonds is 4. The molecular weight excluding hydrogens is 412 g/mol. The van der Waals surface area contributed by atoms with Gasteiger partial charge in [0.2, 0.25) is 10.0 Å². The lowest BCUT2D eigenvalue weighted by Gasteiger charge is -2.33. The number of hydrogen-bond acceptors (Lipinski definition) is 4. The van der Waals surface area contributed by atoms with Crippen LogP contribution in [-0.4, -0.2) is 44.9 Å². The predicted octanol–water partition coefficient (Wildman–Crippen LogP) is 4.16. The number of fused-ring (bicyclic) bond motifs is 1. The summed E-state index contributed by atoms with van der Waals surface area (Å²) >= 11 is 0. The summed E-state index contributed by atoms with van der Waals surface area (Å²) in [6, 6.07) is 10.8. The Morgan fingerprint density at radius 3 is 2.65 bits per heavy atom. The predicted molar refractivity (Wildman–Crippen MR) is 121 cm³/mol. The summed E-state index contributed by atoms with van der Waals surface area (Å²) in [5, 5.41) is 0. The molecule has 31 heavy (non-hydrogen) atoms. The fraction of sp³-hybridized carbons (Fsp3) is 0.458. The van der Waals surface area contributed by atoms with E-state index in [-0.39, 0.29) is 22.6 Å². The first-order valence-electron chi connectivity index (χ1n) is 10.9. The van der Waals surface area contributed by atoms with Crippen molar-refractivity contribution in [2.45, 2.75) is 56.9 Å². The maximum absolute atomic E-state index is 13.5. The van der Waals surface area contributed by atoms with Crippen LogP contribution in [0.4, 0.5) is 5.69 Å². The van der Waals surface area contributed by atoms with Crippen LogP contribution >= 0.6 is 0 Å². The van der Waals surface area contributed by atoms with Crippen molar-refractivity contribution in [1.82, 2.24) is 4.31 Å². The molecule has 2 aromatic rings. The third-order valence-electron chi connectivity index (χ3n) is 6.40. The van der Waals surface area contributed by atoms with E-state index < -0.39 is 10.0 Å². The monoisotopic (exact) mass is 442 g/mol. The Balaban J connectivity index is 1.74. The van der Waals surface area contributed by atoms with Crippen LogP contribution < -0.4 is 9.64 Å². The van der Waals surface area contributed by atoms with E-state index in [9.17, 15) is 13.2 Å². The molecular formula is C24H30N2O4S. The van der Waals surface area contributed by atoms with Gasteiger partial charge in [-0.2, -0.15) is 4.31 Å². The van der Waals surface area contributed by atoms with Crippen molar-refractivity contribution in [3.05, 3.63) is 53.1 Å². The van der Waals surface area contributed by atoms with E-state index in [1.54, 1.807) is 21.3 Å². The first-order chi connectivity index (χ1) is 14.8. The molecule has 2 aliphatic heterocycles. The maximum Gasteiger partial charge on any atom is 0.258 e. The van der Waals surface area contributed by atoms with Gasteiger partial charge in [0.1, 0.15) is 10.6 Å². The van der Waals surface area contributed by atoms with E-state index in [4.69, 9.17) is 4.74 Å². The number of piperidine rings is 1. The Kier molecular flexibility index (Phi) is 6.08. The summed E-state index contributed by atoms with van der Waals surface area (Å²) in [6.07, 6.45) is 4.53. The summed E-state index contributed by atoms with van der Waals surface area (Å²) in [4.78, 5) is 15.4. The van der Waals surface area contributed by atoms with Crippen LogP contribution in [0.1, 0.15) is 54.1 Å². The van der Waals surface area contributed by atoms with E-state index in [0.717, 1.165) is 48.9 Å².